The Hall–Kier alpha value is -2.83. The molecule has 0 spiro atoms. The maximum atomic E-state index is 12.6. The highest BCUT2D eigenvalue weighted by atomic mass is 16.7. The topological polar surface area (TPSA) is 77.4 Å². The Morgan fingerprint density at radius 2 is 1.88 bits per heavy atom. The molecule has 1 saturated carbocycles. The van der Waals surface area contributed by atoms with Crippen LogP contribution in [0.5, 0.6) is 17.2 Å². The van der Waals surface area contributed by atoms with Gasteiger partial charge in [0.1, 0.15) is 0 Å². The summed E-state index contributed by atoms with van der Waals surface area (Å²) in [4.78, 5) is 25.2. The number of carbonyl (C=O) groups excluding carboxylic acids is 2. The zero-order valence-corrected chi connectivity index (χ0v) is 13.5. The number of nitrogens with zero attached hydrogens (tertiary/aromatic N) is 2. The molecule has 4 atom stereocenters. The normalized spacial score (nSPS) is 31.5. The van der Waals surface area contributed by atoms with Crippen molar-refractivity contribution in [3.8, 4) is 17.2 Å². The molecule has 128 valence electrons. The second-order valence-corrected chi connectivity index (χ2v) is 6.69. The third-order valence-corrected chi connectivity index (χ3v) is 5.45. The predicted octanol–water partition coefficient (Wildman–Crippen LogP) is 1.56. The first-order valence-electron chi connectivity index (χ1n) is 8.25. The summed E-state index contributed by atoms with van der Waals surface area (Å²) in [6.07, 6.45) is 6.51. The molecule has 2 heterocycles. The fourth-order valence-corrected chi connectivity index (χ4v) is 4.35. The molecule has 7 nitrogen and oxygen atoms in total. The van der Waals surface area contributed by atoms with Crippen LogP contribution in [0.3, 0.4) is 0 Å². The lowest BCUT2D eigenvalue weighted by Gasteiger charge is -2.13. The first-order chi connectivity index (χ1) is 12.2. The van der Waals surface area contributed by atoms with Gasteiger partial charge in [0.25, 0.3) is 11.8 Å². The van der Waals surface area contributed by atoms with Gasteiger partial charge in [-0.15, -0.1) is 0 Å². The second kappa shape index (κ2) is 5.08. The van der Waals surface area contributed by atoms with Gasteiger partial charge in [-0.05, 0) is 30.4 Å². The molecule has 25 heavy (non-hydrogen) atoms. The number of hydrogen-bond acceptors (Lipinski definition) is 6. The van der Waals surface area contributed by atoms with E-state index in [1.807, 2.05) is 0 Å². The minimum absolute atomic E-state index is 0.133. The molecule has 0 N–H and O–H groups in total. The van der Waals surface area contributed by atoms with E-state index in [1.165, 1.54) is 13.3 Å². The van der Waals surface area contributed by atoms with Crippen molar-refractivity contribution in [3.05, 3.63) is 29.8 Å². The summed E-state index contributed by atoms with van der Waals surface area (Å²) in [5.74, 6) is 1.09. The quantitative estimate of drug-likeness (QED) is 0.474. The van der Waals surface area contributed by atoms with E-state index in [2.05, 4.69) is 17.3 Å². The fourth-order valence-electron chi connectivity index (χ4n) is 4.35. The van der Waals surface area contributed by atoms with Crippen molar-refractivity contribution in [1.29, 1.82) is 0 Å². The third kappa shape index (κ3) is 1.95. The number of benzene rings is 1. The first kappa shape index (κ1) is 14.5. The predicted molar refractivity (Wildman–Crippen MR) is 86.3 cm³/mol. The summed E-state index contributed by atoms with van der Waals surface area (Å²) in [6, 6.07) is 3.47. The summed E-state index contributed by atoms with van der Waals surface area (Å²) < 4.78 is 16.0. The largest absolute Gasteiger partial charge is 0.493 e. The minimum Gasteiger partial charge on any atom is -0.493 e. The number of carbonyl (C=O) groups is 2. The number of allylic oxidation sites excluding steroid dienone is 2. The highest BCUT2D eigenvalue weighted by molar-refractivity contribution is 6.06. The Kier molecular flexibility index (Phi) is 2.95. The molecule has 2 bridgehead atoms. The van der Waals surface area contributed by atoms with Gasteiger partial charge in [0, 0.05) is 5.56 Å². The lowest BCUT2D eigenvalue weighted by Crippen LogP contribution is -2.28. The van der Waals surface area contributed by atoms with Crippen molar-refractivity contribution in [2.45, 2.75) is 6.42 Å². The summed E-state index contributed by atoms with van der Waals surface area (Å²) in [5.41, 5.74) is 0.667. The van der Waals surface area contributed by atoms with Gasteiger partial charge >= 0.3 is 0 Å². The Bertz CT molecular complexity index is 816. The van der Waals surface area contributed by atoms with Crippen molar-refractivity contribution in [2.24, 2.45) is 28.8 Å². The van der Waals surface area contributed by atoms with E-state index in [-0.39, 0.29) is 42.3 Å². The third-order valence-electron chi connectivity index (χ3n) is 5.45. The van der Waals surface area contributed by atoms with Crippen LogP contribution in [0, 0.1) is 23.7 Å². The van der Waals surface area contributed by atoms with Crippen molar-refractivity contribution in [3.63, 3.8) is 0 Å². The second-order valence-electron chi connectivity index (χ2n) is 6.69. The molecule has 0 radical (unpaired) electrons. The molecule has 2 amide bonds. The number of imide groups is 1. The maximum Gasteiger partial charge on any atom is 0.254 e. The van der Waals surface area contributed by atoms with E-state index in [9.17, 15) is 9.59 Å². The van der Waals surface area contributed by atoms with E-state index in [4.69, 9.17) is 14.2 Å². The van der Waals surface area contributed by atoms with Crippen molar-refractivity contribution in [1.82, 2.24) is 5.01 Å². The van der Waals surface area contributed by atoms with Crippen LogP contribution < -0.4 is 14.2 Å². The standard InChI is InChI=1S/C18H16N2O5/c1-23-12-4-9(5-13-16(12)25-8-24-13)7-19-20-17(21)14-10-2-3-11(6-10)15(14)18(20)22/h2-5,7,10-11,14-15H,6,8H2,1H3/t10-,11-,14-,15+/m0/s1. The Morgan fingerprint density at radius 3 is 2.56 bits per heavy atom. The van der Waals surface area contributed by atoms with Crippen molar-refractivity contribution < 1.29 is 23.8 Å². The van der Waals surface area contributed by atoms with E-state index in [1.54, 1.807) is 12.1 Å². The summed E-state index contributed by atoms with van der Waals surface area (Å²) in [6.45, 7) is 0.133. The zero-order valence-electron chi connectivity index (χ0n) is 13.5. The van der Waals surface area contributed by atoms with Crippen LogP contribution in [0.25, 0.3) is 0 Å². The minimum atomic E-state index is -0.244. The van der Waals surface area contributed by atoms with E-state index >= 15 is 0 Å². The van der Waals surface area contributed by atoms with Gasteiger partial charge in [0.15, 0.2) is 11.5 Å². The maximum absolute atomic E-state index is 12.6. The monoisotopic (exact) mass is 340 g/mol. The van der Waals surface area contributed by atoms with Gasteiger partial charge < -0.3 is 14.2 Å². The number of hydrazone groups is 1. The van der Waals surface area contributed by atoms with Gasteiger partial charge in [-0.2, -0.15) is 10.1 Å². The molecule has 4 aliphatic rings. The van der Waals surface area contributed by atoms with Crippen LogP contribution in [0.4, 0.5) is 0 Å². The van der Waals surface area contributed by atoms with E-state index in [0.717, 1.165) is 11.4 Å². The Labute approximate surface area is 143 Å². The summed E-state index contributed by atoms with van der Waals surface area (Å²) in [5, 5.41) is 5.19. The molecular formula is C18H16N2O5. The van der Waals surface area contributed by atoms with Gasteiger partial charge in [-0.25, -0.2) is 0 Å². The number of amides is 2. The van der Waals surface area contributed by atoms with Crippen molar-refractivity contribution in [2.75, 3.05) is 13.9 Å². The zero-order chi connectivity index (χ0) is 17.1. The molecule has 1 aromatic rings. The Balaban J connectivity index is 1.43. The molecular weight excluding hydrogens is 324 g/mol. The lowest BCUT2D eigenvalue weighted by atomic mass is 9.85. The SMILES string of the molecule is COc1cc(C=NN2C(=O)[C@@H]3[C@H](C2=O)[C@H]2C=C[C@H]3C2)cc2c1OCO2. The number of hydrogen-bond donors (Lipinski definition) is 0. The Morgan fingerprint density at radius 1 is 1.16 bits per heavy atom. The summed E-state index contributed by atoms with van der Waals surface area (Å²) >= 11 is 0. The molecule has 1 saturated heterocycles. The van der Waals surface area contributed by atoms with Crippen molar-refractivity contribution >= 4 is 18.0 Å². The molecule has 2 aliphatic carbocycles. The highest BCUT2D eigenvalue weighted by Crippen LogP contribution is 2.52. The first-order valence-corrected chi connectivity index (χ1v) is 8.25. The molecule has 2 fully saturated rings. The number of ether oxygens (including phenoxy) is 3. The fraction of sp³-hybridized carbons (Fsp3) is 0.389. The molecule has 0 unspecified atom stereocenters. The van der Waals surface area contributed by atoms with Crippen LogP contribution in [0.15, 0.2) is 29.4 Å². The van der Waals surface area contributed by atoms with E-state index < -0.39 is 0 Å². The number of rotatable bonds is 3. The van der Waals surface area contributed by atoms with Crippen LogP contribution in [-0.2, 0) is 9.59 Å². The lowest BCUT2D eigenvalue weighted by molar-refractivity contribution is -0.140. The smallest absolute Gasteiger partial charge is 0.254 e. The molecule has 0 aromatic heterocycles. The van der Waals surface area contributed by atoms with Gasteiger partial charge in [0.2, 0.25) is 12.5 Å². The average molecular weight is 340 g/mol. The summed E-state index contributed by atoms with van der Waals surface area (Å²) in [7, 11) is 1.54. The van der Waals surface area contributed by atoms with Crippen LogP contribution in [0.2, 0.25) is 0 Å². The van der Waals surface area contributed by atoms with Gasteiger partial charge in [0.05, 0.1) is 25.2 Å². The van der Waals surface area contributed by atoms with Gasteiger partial charge in [-0.3, -0.25) is 9.59 Å². The molecule has 5 rings (SSSR count). The van der Waals surface area contributed by atoms with E-state index in [0.29, 0.717) is 22.8 Å². The van der Waals surface area contributed by atoms with Gasteiger partial charge in [-0.1, -0.05) is 12.2 Å². The van der Waals surface area contributed by atoms with Crippen LogP contribution in [-0.4, -0.2) is 36.9 Å². The van der Waals surface area contributed by atoms with Crippen LogP contribution in [0.1, 0.15) is 12.0 Å². The molecule has 7 heteroatoms. The molecule has 1 aromatic carbocycles. The highest BCUT2D eigenvalue weighted by Gasteiger charge is 2.59. The number of fused-ring (bicyclic) bond motifs is 6. The molecule has 2 aliphatic heterocycles. The number of methoxy groups -OCH3 is 1. The average Bonchev–Trinajstić information content (AvgIpc) is 3.37. The van der Waals surface area contributed by atoms with Crippen LogP contribution >= 0.6 is 0 Å².